The molecule has 122 valence electrons. The molecule has 0 bridgehead atoms. The van der Waals surface area contributed by atoms with E-state index in [4.69, 9.17) is 0 Å². The number of thioether (sulfide) groups is 1. The molecular weight excluding hydrogens is 323 g/mol. The van der Waals surface area contributed by atoms with Crippen LogP contribution in [-0.4, -0.2) is 33.7 Å². The largest absolute Gasteiger partial charge is 0.338 e. The summed E-state index contributed by atoms with van der Waals surface area (Å²) in [6, 6.07) is 3.11. The van der Waals surface area contributed by atoms with E-state index in [0.717, 1.165) is 17.8 Å². The van der Waals surface area contributed by atoms with Gasteiger partial charge in [0.15, 0.2) is 5.16 Å². The lowest BCUT2D eigenvalue weighted by molar-refractivity contribution is -0.119. The molecule has 0 aliphatic carbocycles. The van der Waals surface area contributed by atoms with Crippen molar-refractivity contribution in [2.45, 2.75) is 24.3 Å². The van der Waals surface area contributed by atoms with Crippen LogP contribution in [0.5, 0.6) is 0 Å². The Morgan fingerprint density at radius 1 is 1.43 bits per heavy atom. The average Bonchev–Trinajstić information content (AvgIpc) is 2.48. The number of amides is 3. The first kappa shape index (κ1) is 16.9. The van der Waals surface area contributed by atoms with E-state index in [9.17, 15) is 18.8 Å². The first-order valence-corrected chi connectivity index (χ1v) is 7.73. The molecule has 2 rings (SSSR count). The number of carbonyl (C=O) groups excluding carboxylic acids is 2. The minimum atomic E-state index is -0.654. The summed E-state index contributed by atoms with van der Waals surface area (Å²) in [5.74, 6) is -1.04. The highest BCUT2D eigenvalue weighted by Gasteiger charge is 2.18. The summed E-state index contributed by atoms with van der Waals surface area (Å²) in [5.41, 5.74) is -0.165. The second kappa shape index (κ2) is 7.23. The molecule has 1 aromatic heterocycles. The molecule has 7 nitrogen and oxygen atoms in total. The number of hydrogen-bond donors (Lipinski definition) is 3. The molecule has 0 saturated heterocycles. The molecule has 0 saturated carbocycles. The maximum atomic E-state index is 13.1. The first-order valence-electron chi connectivity index (χ1n) is 6.85. The average molecular weight is 338 g/mol. The van der Waals surface area contributed by atoms with E-state index in [1.165, 1.54) is 12.1 Å². The lowest BCUT2D eigenvalue weighted by Crippen LogP contribution is -2.42. The third-order valence-electron chi connectivity index (χ3n) is 2.88. The van der Waals surface area contributed by atoms with Crippen LogP contribution >= 0.6 is 11.8 Å². The highest BCUT2D eigenvalue weighted by Crippen LogP contribution is 2.20. The minimum Gasteiger partial charge on any atom is -0.338 e. The van der Waals surface area contributed by atoms with Crippen molar-refractivity contribution in [3.63, 3.8) is 0 Å². The number of imide groups is 1. The van der Waals surface area contributed by atoms with Gasteiger partial charge in [0.25, 0.3) is 5.56 Å². The number of benzene rings is 1. The number of carbonyl (C=O) groups is 2. The fourth-order valence-electron chi connectivity index (χ4n) is 1.78. The second-order valence-electron chi connectivity index (χ2n) is 4.64. The van der Waals surface area contributed by atoms with E-state index < -0.39 is 28.6 Å². The molecule has 9 heteroatoms. The number of nitrogens with zero attached hydrogens (tertiary/aromatic N) is 1. The lowest BCUT2D eigenvalue weighted by atomic mass is 10.2. The van der Waals surface area contributed by atoms with Crippen LogP contribution in [0.25, 0.3) is 10.9 Å². The number of urea groups is 1. The van der Waals surface area contributed by atoms with Crippen molar-refractivity contribution >= 4 is 34.6 Å². The molecular formula is C14H15FN4O3S. The maximum Gasteiger partial charge on any atom is 0.321 e. The molecule has 1 aromatic carbocycles. The zero-order valence-electron chi connectivity index (χ0n) is 12.5. The summed E-state index contributed by atoms with van der Waals surface area (Å²) in [6.45, 7) is 3.71. The summed E-state index contributed by atoms with van der Waals surface area (Å²) in [5, 5.41) is 4.32. The van der Waals surface area contributed by atoms with E-state index in [1.54, 1.807) is 13.8 Å². The van der Waals surface area contributed by atoms with Gasteiger partial charge in [-0.2, -0.15) is 0 Å². The van der Waals surface area contributed by atoms with Crippen molar-refractivity contribution in [2.75, 3.05) is 6.54 Å². The zero-order valence-corrected chi connectivity index (χ0v) is 13.3. The molecule has 1 heterocycles. The van der Waals surface area contributed by atoms with E-state index in [2.05, 4.69) is 20.6 Å². The van der Waals surface area contributed by atoms with E-state index in [-0.39, 0.29) is 10.5 Å². The van der Waals surface area contributed by atoms with Crippen LogP contribution in [0.3, 0.4) is 0 Å². The Bertz CT molecular complexity index is 808. The number of aromatic nitrogens is 2. The zero-order chi connectivity index (χ0) is 17.0. The Labute approximate surface area is 135 Å². The molecule has 0 aliphatic rings. The predicted octanol–water partition coefficient (Wildman–Crippen LogP) is 1.39. The summed E-state index contributed by atoms with van der Waals surface area (Å²) >= 11 is 0.992. The molecule has 0 unspecified atom stereocenters. The number of rotatable bonds is 4. The van der Waals surface area contributed by atoms with Gasteiger partial charge < -0.3 is 10.3 Å². The number of hydrogen-bond acceptors (Lipinski definition) is 5. The molecule has 0 aliphatic heterocycles. The third kappa shape index (κ3) is 4.28. The van der Waals surface area contributed by atoms with Gasteiger partial charge in [0.05, 0.1) is 16.2 Å². The Kier molecular flexibility index (Phi) is 5.32. The van der Waals surface area contributed by atoms with Crippen LogP contribution in [0.2, 0.25) is 0 Å². The number of fused-ring (bicyclic) bond motifs is 1. The molecule has 0 fully saturated rings. The van der Waals surface area contributed by atoms with E-state index >= 15 is 0 Å². The van der Waals surface area contributed by atoms with Gasteiger partial charge >= 0.3 is 6.03 Å². The van der Waals surface area contributed by atoms with Crippen LogP contribution in [0.15, 0.2) is 28.2 Å². The first-order chi connectivity index (χ1) is 10.9. The number of nitrogens with one attached hydrogen (secondary N) is 3. The standard InChI is InChI=1S/C14H15FN4O3S/c1-3-16-13(22)18-11(20)7(2)23-14-17-10-5-4-8(15)6-9(10)12(21)19-14/h4-7H,3H2,1-2H3,(H,17,19,21)(H2,16,18,20,22)/t7-/m0/s1. The fourth-order valence-corrected chi connectivity index (χ4v) is 2.59. The van der Waals surface area contributed by atoms with Gasteiger partial charge in [-0.15, -0.1) is 0 Å². The molecule has 0 radical (unpaired) electrons. The van der Waals surface area contributed by atoms with Gasteiger partial charge in [-0.25, -0.2) is 14.2 Å². The van der Waals surface area contributed by atoms with E-state index in [0.29, 0.717) is 12.1 Å². The molecule has 3 amide bonds. The van der Waals surface area contributed by atoms with Crippen LogP contribution in [0, 0.1) is 5.82 Å². The van der Waals surface area contributed by atoms with Crippen LogP contribution in [0.1, 0.15) is 13.8 Å². The molecule has 23 heavy (non-hydrogen) atoms. The Hall–Kier alpha value is -2.42. The van der Waals surface area contributed by atoms with Crippen LogP contribution in [0.4, 0.5) is 9.18 Å². The minimum absolute atomic E-state index is 0.133. The number of H-pyrrole nitrogens is 1. The van der Waals surface area contributed by atoms with Crippen molar-refractivity contribution in [3.8, 4) is 0 Å². The van der Waals surface area contributed by atoms with Gasteiger partial charge in [-0.1, -0.05) is 11.8 Å². The van der Waals surface area contributed by atoms with Gasteiger partial charge in [0.2, 0.25) is 5.91 Å². The molecule has 0 spiro atoms. The topological polar surface area (TPSA) is 104 Å². The molecule has 1 atom stereocenters. The monoisotopic (exact) mass is 338 g/mol. The van der Waals surface area contributed by atoms with Crippen LogP contribution in [-0.2, 0) is 4.79 Å². The lowest BCUT2D eigenvalue weighted by Gasteiger charge is -2.11. The van der Waals surface area contributed by atoms with Crippen molar-refractivity contribution in [2.24, 2.45) is 0 Å². The number of halogens is 1. The normalized spacial score (nSPS) is 12.0. The second-order valence-corrected chi connectivity index (χ2v) is 5.97. The summed E-state index contributed by atoms with van der Waals surface area (Å²) in [4.78, 5) is 41.8. The van der Waals surface area contributed by atoms with E-state index in [1.807, 2.05) is 0 Å². The maximum absolute atomic E-state index is 13.1. The highest BCUT2D eigenvalue weighted by molar-refractivity contribution is 8.00. The third-order valence-corrected chi connectivity index (χ3v) is 3.86. The van der Waals surface area contributed by atoms with Crippen molar-refractivity contribution in [3.05, 3.63) is 34.4 Å². The Morgan fingerprint density at radius 3 is 2.87 bits per heavy atom. The van der Waals surface area contributed by atoms with Crippen molar-refractivity contribution < 1.29 is 14.0 Å². The Morgan fingerprint density at radius 2 is 2.17 bits per heavy atom. The van der Waals surface area contributed by atoms with Gasteiger partial charge in [0.1, 0.15) is 5.82 Å². The molecule has 2 aromatic rings. The van der Waals surface area contributed by atoms with Gasteiger partial charge in [-0.3, -0.25) is 14.9 Å². The van der Waals surface area contributed by atoms with Crippen molar-refractivity contribution in [1.29, 1.82) is 0 Å². The fraction of sp³-hybridized carbons (Fsp3) is 0.286. The SMILES string of the molecule is CCNC(=O)NC(=O)[C@H](C)Sc1nc2ccc(F)cc2c(=O)[nH]1. The van der Waals surface area contributed by atoms with Gasteiger partial charge in [0, 0.05) is 6.54 Å². The van der Waals surface area contributed by atoms with Crippen LogP contribution < -0.4 is 16.2 Å². The number of aromatic amines is 1. The summed E-state index contributed by atoms with van der Waals surface area (Å²) < 4.78 is 13.1. The quantitative estimate of drug-likeness (QED) is 0.577. The van der Waals surface area contributed by atoms with Crippen molar-refractivity contribution in [1.82, 2.24) is 20.6 Å². The summed E-state index contributed by atoms with van der Waals surface area (Å²) in [7, 11) is 0. The predicted molar refractivity (Wildman–Crippen MR) is 84.9 cm³/mol. The summed E-state index contributed by atoms with van der Waals surface area (Å²) in [6.07, 6.45) is 0. The Balaban J connectivity index is 2.15. The molecule has 3 N–H and O–H groups in total. The smallest absolute Gasteiger partial charge is 0.321 e. The van der Waals surface area contributed by atoms with Gasteiger partial charge in [-0.05, 0) is 32.0 Å². The highest BCUT2D eigenvalue weighted by atomic mass is 32.2.